The molecule has 0 fully saturated rings. The van der Waals surface area contributed by atoms with Crippen molar-refractivity contribution in [3.05, 3.63) is 58.6 Å². The first-order chi connectivity index (χ1) is 8.52. The third-order valence-corrected chi connectivity index (χ3v) is 2.86. The quantitative estimate of drug-likeness (QED) is 0.810. The van der Waals surface area contributed by atoms with Crippen molar-refractivity contribution >= 4 is 29.2 Å². The molecule has 2 rings (SSSR count). The van der Waals surface area contributed by atoms with Crippen molar-refractivity contribution in [1.29, 1.82) is 0 Å². The number of carboxylic acids is 1. The minimum atomic E-state index is -0.833. The van der Waals surface area contributed by atoms with Gasteiger partial charge < -0.3 is 10.6 Å². The van der Waals surface area contributed by atoms with E-state index in [1.54, 1.807) is 6.07 Å². The minimum Gasteiger partial charge on any atom is -0.870 e. The van der Waals surface area contributed by atoms with E-state index in [-0.39, 0.29) is 35.0 Å². The first-order valence-corrected chi connectivity index (χ1v) is 5.97. The number of benzene rings is 2. The maximum Gasteiger partial charge on any atom is 1.00 e. The number of carbonyl (C=O) groups is 1. The molecule has 0 radical (unpaired) electrons. The Bertz CT molecular complexity index is 529. The molecule has 3 nitrogen and oxygen atoms in total. The third-order valence-electron chi connectivity index (χ3n) is 2.04. The van der Waals surface area contributed by atoms with Crippen LogP contribution in [-0.4, -0.2) is 16.6 Å². The molecule has 0 saturated carbocycles. The molecule has 0 aromatic heterocycles. The second-order valence-electron chi connectivity index (χ2n) is 3.49. The van der Waals surface area contributed by atoms with Crippen LogP contribution in [0.25, 0.3) is 11.1 Å². The Morgan fingerprint density at radius 1 is 1.00 bits per heavy atom. The van der Waals surface area contributed by atoms with E-state index in [0.717, 1.165) is 18.1 Å². The molecule has 20 heavy (non-hydrogen) atoms. The van der Waals surface area contributed by atoms with Crippen molar-refractivity contribution in [3.8, 4) is 11.1 Å². The van der Waals surface area contributed by atoms with Gasteiger partial charge in [0.2, 0.25) is 0 Å². The van der Waals surface area contributed by atoms with Gasteiger partial charge >= 0.3 is 29.6 Å². The van der Waals surface area contributed by atoms with Crippen LogP contribution in [0.4, 0.5) is 0 Å². The Morgan fingerprint density at radius 3 is 2.00 bits per heavy atom. The predicted molar refractivity (Wildman–Crippen MR) is 77.1 cm³/mol. The first kappa shape index (κ1) is 21.7. The van der Waals surface area contributed by atoms with Gasteiger partial charge in [-0.2, -0.15) is 0 Å². The Labute approximate surface area is 150 Å². The number of halogens is 2. The second kappa shape index (κ2) is 11.1. The summed E-state index contributed by atoms with van der Waals surface area (Å²) in [5, 5.41) is 8.62. The standard InChI is InChI=1S/C12H8Cl2.C2H4O2.Na.H2O/c13-11-8-4-7-10(12(11)14)9-5-2-1-3-6-9;1-2(3)4;;/h1-8H;1H3,(H,3,4);;1H2/q;;+1;/p-1. The van der Waals surface area contributed by atoms with Crippen LogP contribution < -0.4 is 29.6 Å². The zero-order valence-electron chi connectivity index (χ0n) is 11.2. The van der Waals surface area contributed by atoms with Crippen LogP contribution in [-0.2, 0) is 4.79 Å². The maximum absolute atomic E-state index is 9.00. The molecule has 2 aromatic carbocycles. The van der Waals surface area contributed by atoms with Crippen molar-refractivity contribution in [2.75, 3.05) is 0 Å². The van der Waals surface area contributed by atoms with Gasteiger partial charge in [-0.15, -0.1) is 0 Å². The van der Waals surface area contributed by atoms with E-state index in [1.165, 1.54) is 0 Å². The van der Waals surface area contributed by atoms with Crippen molar-refractivity contribution in [1.82, 2.24) is 0 Å². The van der Waals surface area contributed by atoms with Crippen LogP contribution in [0.15, 0.2) is 48.5 Å². The molecule has 0 atom stereocenters. The molecule has 0 unspecified atom stereocenters. The summed E-state index contributed by atoms with van der Waals surface area (Å²) < 4.78 is 0. The number of rotatable bonds is 1. The van der Waals surface area contributed by atoms with Crippen molar-refractivity contribution in [2.45, 2.75) is 6.92 Å². The molecule has 0 amide bonds. The predicted octanol–water partition coefficient (Wildman–Crippen LogP) is 1.58. The van der Waals surface area contributed by atoms with Gasteiger partial charge in [-0.05, 0) is 11.6 Å². The summed E-state index contributed by atoms with van der Waals surface area (Å²) in [6, 6.07) is 15.6. The van der Waals surface area contributed by atoms with Gasteiger partial charge in [0.15, 0.2) is 0 Å². The van der Waals surface area contributed by atoms with Crippen LogP contribution in [0, 0.1) is 0 Å². The monoisotopic (exact) mass is 322 g/mol. The van der Waals surface area contributed by atoms with E-state index < -0.39 is 5.97 Å². The van der Waals surface area contributed by atoms with Gasteiger partial charge in [0.25, 0.3) is 5.97 Å². The van der Waals surface area contributed by atoms with E-state index >= 15 is 0 Å². The molecule has 6 heteroatoms. The molecule has 0 aliphatic heterocycles. The SMILES string of the molecule is CC(=O)O.Clc1cccc(-c2ccccc2)c1Cl.[Na+].[OH-]. The van der Waals surface area contributed by atoms with E-state index in [4.69, 9.17) is 33.1 Å². The zero-order chi connectivity index (χ0) is 13.5. The molecule has 0 heterocycles. The number of hydrogen-bond donors (Lipinski definition) is 1. The smallest absolute Gasteiger partial charge is 0.870 e. The largest absolute Gasteiger partial charge is 1.00 e. The van der Waals surface area contributed by atoms with E-state index in [1.807, 2.05) is 42.5 Å². The summed E-state index contributed by atoms with van der Waals surface area (Å²) in [6.45, 7) is 1.08. The molecule has 0 aliphatic carbocycles. The van der Waals surface area contributed by atoms with Gasteiger partial charge in [0.05, 0.1) is 10.0 Å². The summed E-state index contributed by atoms with van der Waals surface area (Å²) in [5.41, 5.74) is 2.06. The summed E-state index contributed by atoms with van der Waals surface area (Å²) in [6.07, 6.45) is 0. The van der Waals surface area contributed by atoms with E-state index in [9.17, 15) is 0 Å². The van der Waals surface area contributed by atoms with E-state index in [2.05, 4.69) is 0 Å². The average molecular weight is 323 g/mol. The van der Waals surface area contributed by atoms with Crippen molar-refractivity contribution < 1.29 is 44.9 Å². The number of aliphatic carboxylic acids is 1. The molecular formula is C14H13Cl2NaO3. The van der Waals surface area contributed by atoms with Crippen LogP contribution in [0.1, 0.15) is 6.92 Å². The fourth-order valence-corrected chi connectivity index (χ4v) is 1.75. The number of hydrogen-bond acceptors (Lipinski definition) is 2. The summed E-state index contributed by atoms with van der Waals surface area (Å²) in [4.78, 5) is 9.00. The number of carboxylic acid groups (broad SMARTS) is 1. The fourth-order valence-electron chi connectivity index (χ4n) is 1.34. The molecule has 0 spiro atoms. The molecule has 0 saturated heterocycles. The zero-order valence-corrected chi connectivity index (χ0v) is 14.7. The Kier molecular flexibility index (Phi) is 12.1. The normalized spacial score (nSPS) is 8.35. The van der Waals surface area contributed by atoms with Crippen LogP contribution in [0.2, 0.25) is 10.0 Å². The van der Waals surface area contributed by atoms with Gasteiger partial charge in [-0.1, -0.05) is 65.7 Å². The molecule has 2 aromatic rings. The first-order valence-electron chi connectivity index (χ1n) is 5.21. The Morgan fingerprint density at radius 2 is 1.50 bits per heavy atom. The second-order valence-corrected chi connectivity index (χ2v) is 4.27. The van der Waals surface area contributed by atoms with Crippen LogP contribution >= 0.6 is 23.2 Å². The average Bonchev–Trinajstić information content (AvgIpc) is 2.33. The summed E-state index contributed by atoms with van der Waals surface area (Å²) in [5.74, 6) is -0.833. The van der Waals surface area contributed by atoms with Gasteiger partial charge in [-0.3, -0.25) is 4.79 Å². The third kappa shape index (κ3) is 7.29. The molecular weight excluding hydrogens is 310 g/mol. The topological polar surface area (TPSA) is 67.3 Å². The molecule has 102 valence electrons. The molecule has 0 bridgehead atoms. The minimum absolute atomic E-state index is 0. The Hall–Kier alpha value is -0.550. The Balaban J connectivity index is 0. The fraction of sp³-hybridized carbons (Fsp3) is 0.0714. The van der Waals surface area contributed by atoms with Gasteiger partial charge in [0, 0.05) is 12.5 Å². The van der Waals surface area contributed by atoms with Gasteiger partial charge in [0.1, 0.15) is 0 Å². The van der Waals surface area contributed by atoms with Crippen LogP contribution in [0.5, 0.6) is 0 Å². The van der Waals surface area contributed by atoms with Crippen molar-refractivity contribution in [2.24, 2.45) is 0 Å². The molecule has 0 aliphatic rings. The summed E-state index contributed by atoms with van der Waals surface area (Å²) >= 11 is 12.0. The van der Waals surface area contributed by atoms with Crippen LogP contribution in [0.3, 0.4) is 0 Å². The molecule has 2 N–H and O–H groups in total. The van der Waals surface area contributed by atoms with Gasteiger partial charge in [-0.25, -0.2) is 0 Å². The van der Waals surface area contributed by atoms with Crippen molar-refractivity contribution in [3.63, 3.8) is 0 Å². The maximum atomic E-state index is 9.00. The van der Waals surface area contributed by atoms with E-state index in [0.29, 0.717) is 10.0 Å². The summed E-state index contributed by atoms with van der Waals surface area (Å²) in [7, 11) is 0.